The molecule has 1 heterocycles. The van der Waals surface area contributed by atoms with Gasteiger partial charge in [-0.3, -0.25) is 4.79 Å². The Balaban J connectivity index is 2.38. The van der Waals surface area contributed by atoms with Crippen LogP contribution in [0.1, 0.15) is 25.8 Å². The monoisotopic (exact) mass is 232 g/mol. The first-order valence-electron chi connectivity index (χ1n) is 5.75. The summed E-state index contributed by atoms with van der Waals surface area (Å²) in [6.07, 6.45) is 3.27. The van der Waals surface area contributed by atoms with Crippen LogP contribution >= 0.6 is 0 Å². The van der Waals surface area contributed by atoms with Gasteiger partial charge in [0, 0.05) is 11.6 Å². The maximum Gasteiger partial charge on any atom is 0.163 e. The summed E-state index contributed by atoms with van der Waals surface area (Å²) >= 11 is 0. The molecule has 0 fully saturated rings. The third-order valence-corrected chi connectivity index (χ3v) is 2.85. The van der Waals surface area contributed by atoms with Gasteiger partial charge in [0.05, 0.1) is 19.3 Å². The Morgan fingerprint density at radius 2 is 2.18 bits per heavy atom. The molecule has 90 valence electrons. The molecule has 0 radical (unpaired) electrons. The molecule has 17 heavy (non-hydrogen) atoms. The van der Waals surface area contributed by atoms with Crippen molar-refractivity contribution < 1.29 is 14.3 Å². The first kappa shape index (κ1) is 11.7. The predicted octanol–water partition coefficient (Wildman–Crippen LogP) is 2.80. The standard InChI is InChI=1S/C14H16O3/c1-3-16-13-7-5-4-6-12(13)14(2)10-11(15)8-9-17-14/h4-9H,3,10H2,1-2H3. The Hall–Kier alpha value is -1.77. The average Bonchev–Trinajstić information content (AvgIpc) is 2.30. The zero-order valence-electron chi connectivity index (χ0n) is 10.1. The van der Waals surface area contributed by atoms with E-state index in [4.69, 9.17) is 9.47 Å². The first-order valence-corrected chi connectivity index (χ1v) is 5.75. The Kier molecular flexibility index (Phi) is 3.18. The van der Waals surface area contributed by atoms with Crippen LogP contribution in [0.15, 0.2) is 36.6 Å². The second-order valence-electron chi connectivity index (χ2n) is 4.22. The molecule has 1 aliphatic rings. The molecule has 0 N–H and O–H groups in total. The van der Waals surface area contributed by atoms with E-state index in [1.807, 2.05) is 38.1 Å². The van der Waals surface area contributed by atoms with E-state index < -0.39 is 5.60 Å². The fraction of sp³-hybridized carbons (Fsp3) is 0.357. The molecule has 0 saturated carbocycles. The zero-order valence-corrected chi connectivity index (χ0v) is 10.1. The van der Waals surface area contributed by atoms with E-state index >= 15 is 0 Å². The molecule has 0 aromatic heterocycles. The van der Waals surface area contributed by atoms with Crippen LogP contribution in [0.3, 0.4) is 0 Å². The molecule has 0 spiro atoms. The predicted molar refractivity (Wildman–Crippen MR) is 64.8 cm³/mol. The number of hydrogen-bond donors (Lipinski definition) is 0. The number of allylic oxidation sites excluding steroid dienone is 1. The van der Waals surface area contributed by atoms with Crippen molar-refractivity contribution in [1.82, 2.24) is 0 Å². The summed E-state index contributed by atoms with van der Waals surface area (Å²) in [5, 5.41) is 0. The number of carbonyl (C=O) groups is 1. The van der Waals surface area contributed by atoms with Gasteiger partial charge in [0.25, 0.3) is 0 Å². The Labute approximate surface area is 101 Å². The van der Waals surface area contributed by atoms with Crippen molar-refractivity contribution >= 4 is 5.78 Å². The lowest BCUT2D eigenvalue weighted by molar-refractivity contribution is -0.122. The smallest absolute Gasteiger partial charge is 0.163 e. The number of ether oxygens (including phenoxy) is 2. The SMILES string of the molecule is CCOc1ccccc1C1(C)CC(=O)C=CO1. The molecule has 3 heteroatoms. The van der Waals surface area contributed by atoms with Crippen LogP contribution in [0.4, 0.5) is 0 Å². The van der Waals surface area contributed by atoms with Gasteiger partial charge in [-0.05, 0) is 19.9 Å². The molecule has 3 nitrogen and oxygen atoms in total. The fourth-order valence-corrected chi connectivity index (χ4v) is 2.04. The topological polar surface area (TPSA) is 35.5 Å². The molecule has 0 bridgehead atoms. The highest BCUT2D eigenvalue weighted by atomic mass is 16.5. The lowest BCUT2D eigenvalue weighted by atomic mass is 9.88. The second-order valence-corrected chi connectivity index (χ2v) is 4.22. The van der Waals surface area contributed by atoms with E-state index in [2.05, 4.69) is 0 Å². The quantitative estimate of drug-likeness (QED) is 0.803. The maximum absolute atomic E-state index is 11.5. The highest BCUT2D eigenvalue weighted by Gasteiger charge is 2.34. The number of rotatable bonds is 3. The first-order chi connectivity index (χ1) is 8.15. The Morgan fingerprint density at radius 1 is 1.41 bits per heavy atom. The van der Waals surface area contributed by atoms with Crippen LogP contribution in [-0.2, 0) is 15.1 Å². The van der Waals surface area contributed by atoms with Crippen LogP contribution < -0.4 is 4.74 Å². The van der Waals surface area contributed by atoms with Crippen LogP contribution in [-0.4, -0.2) is 12.4 Å². The lowest BCUT2D eigenvalue weighted by Crippen LogP contribution is -2.30. The summed E-state index contributed by atoms with van der Waals surface area (Å²) in [5.41, 5.74) is 0.289. The summed E-state index contributed by atoms with van der Waals surface area (Å²) in [5.74, 6) is 0.852. The fourth-order valence-electron chi connectivity index (χ4n) is 2.04. The molecule has 1 atom stereocenters. The normalized spacial score (nSPS) is 23.3. The summed E-state index contributed by atoms with van der Waals surface area (Å²) in [7, 11) is 0. The van der Waals surface area contributed by atoms with Crippen molar-refractivity contribution in [2.24, 2.45) is 0 Å². The number of para-hydroxylation sites is 1. The van der Waals surface area contributed by atoms with Crippen molar-refractivity contribution in [2.45, 2.75) is 25.9 Å². The van der Waals surface area contributed by atoms with Gasteiger partial charge in [-0.25, -0.2) is 0 Å². The minimum Gasteiger partial charge on any atom is -0.493 e. The van der Waals surface area contributed by atoms with E-state index in [0.717, 1.165) is 11.3 Å². The van der Waals surface area contributed by atoms with Crippen molar-refractivity contribution in [3.05, 3.63) is 42.2 Å². The largest absolute Gasteiger partial charge is 0.493 e. The van der Waals surface area contributed by atoms with Gasteiger partial charge in [0.2, 0.25) is 0 Å². The number of ketones is 1. The molecule has 1 unspecified atom stereocenters. The zero-order chi connectivity index (χ0) is 12.3. The summed E-state index contributed by atoms with van der Waals surface area (Å²) < 4.78 is 11.2. The van der Waals surface area contributed by atoms with Crippen LogP contribution in [0.2, 0.25) is 0 Å². The van der Waals surface area contributed by atoms with Crippen LogP contribution in [0.5, 0.6) is 5.75 Å². The maximum atomic E-state index is 11.5. The molecule has 1 aromatic carbocycles. The summed E-state index contributed by atoms with van der Waals surface area (Å²) in [6, 6.07) is 7.68. The molecular weight excluding hydrogens is 216 g/mol. The number of carbonyl (C=O) groups excluding carboxylic acids is 1. The van der Waals surface area contributed by atoms with Gasteiger partial charge in [-0.2, -0.15) is 0 Å². The van der Waals surface area contributed by atoms with E-state index in [1.165, 1.54) is 12.3 Å². The summed E-state index contributed by atoms with van der Waals surface area (Å²) in [4.78, 5) is 11.5. The van der Waals surface area contributed by atoms with Gasteiger partial charge >= 0.3 is 0 Å². The number of benzene rings is 1. The average molecular weight is 232 g/mol. The van der Waals surface area contributed by atoms with E-state index in [1.54, 1.807) is 0 Å². The highest BCUT2D eigenvalue weighted by molar-refractivity contribution is 5.91. The third kappa shape index (κ3) is 2.33. The van der Waals surface area contributed by atoms with Crippen molar-refractivity contribution in [1.29, 1.82) is 0 Å². The number of hydrogen-bond acceptors (Lipinski definition) is 3. The van der Waals surface area contributed by atoms with Crippen LogP contribution in [0.25, 0.3) is 0 Å². The van der Waals surface area contributed by atoms with E-state index in [-0.39, 0.29) is 5.78 Å². The van der Waals surface area contributed by atoms with Crippen molar-refractivity contribution in [2.75, 3.05) is 6.61 Å². The molecule has 0 saturated heterocycles. The lowest BCUT2D eigenvalue weighted by Gasteiger charge is -2.32. The van der Waals surface area contributed by atoms with Crippen molar-refractivity contribution in [3.63, 3.8) is 0 Å². The molecule has 2 rings (SSSR count). The minimum atomic E-state index is -0.627. The highest BCUT2D eigenvalue weighted by Crippen LogP contribution is 2.37. The second kappa shape index (κ2) is 4.62. The third-order valence-electron chi connectivity index (χ3n) is 2.85. The summed E-state index contributed by atoms with van der Waals surface area (Å²) in [6.45, 7) is 4.44. The minimum absolute atomic E-state index is 0.0741. The van der Waals surface area contributed by atoms with Gasteiger partial charge in [0.1, 0.15) is 11.4 Å². The molecule has 1 aliphatic heterocycles. The van der Waals surface area contributed by atoms with Gasteiger partial charge in [-0.1, -0.05) is 18.2 Å². The molecule has 0 aliphatic carbocycles. The van der Waals surface area contributed by atoms with Gasteiger partial charge < -0.3 is 9.47 Å². The molecule has 0 amide bonds. The van der Waals surface area contributed by atoms with Crippen LogP contribution in [0, 0.1) is 0 Å². The van der Waals surface area contributed by atoms with Crippen molar-refractivity contribution in [3.8, 4) is 5.75 Å². The van der Waals surface area contributed by atoms with Gasteiger partial charge in [-0.15, -0.1) is 0 Å². The Morgan fingerprint density at radius 3 is 2.88 bits per heavy atom. The van der Waals surface area contributed by atoms with E-state index in [0.29, 0.717) is 13.0 Å². The molecular formula is C14H16O3. The van der Waals surface area contributed by atoms with E-state index in [9.17, 15) is 4.79 Å². The van der Waals surface area contributed by atoms with Gasteiger partial charge in [0.15, 0.2) is 5.78 Å². The molecule has 1 aromatic rings. The Bertz CT molecular complexity index is 451.